The lowest BCUT2D eigenvalue weighted by Gasteiger charge is -2.35. The molecule has 1 saturated heterocycles. The maximum Gasteiger partial charge on any atom is 0.331 e. The van der Waals surface area contributed by atoms with E-state index in [4.69, 9.17) is 9.47 Å². The van der Waals surface area contributed by atoms with Crippen LogP contribution in [-0.4, -0.2) is 48.7 Å². The zero-order chi connectivity index (χ0) is 16.8. The molecule has 0 aromatic heterocycles. The van der Waals surface area contributed by atoms with Gasteiger partial charge in [0.15, 0.2) is 6.61 Å². The van der Waals surface area contributed by atoms with Gasteiger partial charge in [0.25, 0.3) is 5.91 Å². The number of benzene rings is 1. The fraction of sp³-hybridized carbons (Fsp3) is 0.412. The summed E-state index contributed by atoms with van der Waals surface area (Å²) in [6.07, 6.45) is 2.96. The molecular weight excluding hydrogens is 362 g/mol. The van der Waals surface area contributed by atoms with Crippen LogP contribution in [0.1, 0.15) is 19.4 Å². The molecule has 2 rings (SSSR count). The van der Waals surface area contributed by atoms with Gasteiger partial charge in [-0.15, -0.1) is 0 Å². The summed E-state index contributed by atoms with van der Waals surface area (Å²) in [6.45, 7) is 4.63. The first-order valence-electron chi connectivity index (χ1n) is 7.47. The van der Waals surface area contributed by atoms with E-state index in [1.165, 1.54) is 6.08 Å². The molecule has 0 N–H and O–H groups in total. The molecule has 1 amide bonds. The number of esters is 1. The molecule has 1 heterocycles. The number of hydrogen-bond donors (Lipinski definition) is 0. The molecule has 1 fully saturated rings. The molecule has 1 aromatic rings. The summed E-state index contributed by atoms with van der Waals surface area (Å²) in [5.41, 5.74) is 0.874. The second-order valence-corrected chi connectivity index (χ2v) is 6.47. The monoisotopic (exact) mass is 381 g/mol. The van der Waals surface area contributed by atoms with Crippen molar-refractivity contribution in [1.82, 2.24) is 4.90 Å². The van der Waals surface area contributed by atoms with E-state index in [1.807, 2.05) is 38.1 Å². The highest BCUT2D eigenvalue weighted by Crippen LogP contribution is 2.13. The minimum Gasteiger partial charge on any atom is -0.452 e. The van der Waals surface area contributed by atoms with E-state index in [0.29, 0.717) is 13.1 Å². The quantitative estimate of drug-likeness (QED) is 0.594. The number of carbonyl (C=O) groups is 2. The largest absolute Gasteiger partial charge is 0.452 e. The SMILES string of the molecule is C[C@@H]1CN(C(=O)COC(=O)/C=C/c2cccc(Br)c2)C[C@H](C)O1. The molecule has 0 spiro atoms. The van der Waals surface area contributed by atoms with Gasteiger partial charge in [0, 0.05) is 23.6 Å². The van der Waals surface area contributed by atoms with Crippen LogP contribution < -0.4 is 0 Å². The van der Waals surface area contributed by atoms with E-state index in [2.05, 4.69) is 15.9 Å². The fourth-order valence-electron chi connectivity index (χ4n) is 2.43. The van der Waals surface area contributed by atoms with Crippen molar-refractivity contribution in [2.45, 2.75) is 26.1 Å². The van der Waals surface area contributed by atoms with Gasteiger partial charge in [0.05, 0.1) is 12.2 Å². The van der Waals surface area contributed by atoms with Gasteiger partial charge in [-0.25, -0.2) is 4.79 Å². The van der Waals surface area contributed by atoms with Crippen LogP contribution in [0.15, 0.2) is 34.8 Å². The van der Waals surface area contributed by atoms with Gasteiger partial charge >= 0.3 is 5.97 Å². The highest BCUT2D eigenvalue weighted by Gasteiger charge is 2.26. The number of ether oxygens (including phenoxy) is 2. The van der Waals surface area contributed by atoms with Crippen LogP contribution in [0, 0.1) is 0 Å². The summed E-state index contributed by atoms with van der Waals surface area (Å²) >= 11 is 3.36. The Labute approximate surface area is 144 Å². The normalized spacial score (nSPS) is 21.4. The Bertz CT molecular complexity index is 592. The molecule has 1 aliphatic heterocycles. The number of nitrogens with zero attached hydrogens (tertiary/aromatic N) is 1. The van der Waals surface area contributed by atoms with Gasteiger partial charge in [0.2, 0.25) is 0 Å². The summed E-state index contributed by atoms with van der Waals surface area (Å²) in [4.78, 5) is 25.4. The third-order valence-corrected chi connectivity index (χ3v) is 3.86. The molecule has 0 radical (unpaired) electrons. The summed E-state index contributed by atoms with van der Waals surface area (Å²) in [5.74, 6) is -0.733. The van der Waals surface area contributed by atoms with Gasteiger partial charge in [-0.1, -0.05) is 28.1 Å². The lowest BCUT2D eigenvalue weighted by molar-refractivity contribution is -0.154. The molecule has 0 aliphatic carbocycles. The Kier molecular flexibility index (Phi) is 6.36. The number of morpholine rings is 1. The minimum absolute atomic E-state index is 0.00479. The van der Waals surface area contributed by atoms with Crippen molar-refractivity contribution < 1.29 is 19.1 Å². The van der Waals surface area contributed by atoms with E-state index in [-0.39, 0.29) is 24.7 Å². The van der Waals surface area contributed by atoms with Gasteiger partial charge in [-0.2, -0.15) is 0 Å². The van der Waals surface area contributed by atoms with Crippen molar-refractivity contribution in [2.75, 3.05) is 19.7 Å². The smallest absolute Gasteiger partial charge is 0.331 e. The first-order chi connectivity index (χ1) is 10.9. The molecule has 1 aromatic carbocycles. The van der Waals surface area contributed by atoms with Gasteiger partial charge in [-0.3, -0.25) is 4.79 Å². The fourth-order valence-corrected chi connectivity index (χ4v) is 2.85. The molecule has 0 saturated carbocycles. The molecule has 2 atom stereocenters. The molecular formula is C17H20BrNO4. The number of amides is 1. The zero-order valence-electron chi connectivity index (χ0n) is 13.2. The third-order valence-electron chi connectivity index (χ3n) is 3.37. The molecule has 124 valence electrons. The molecule has 0 bridgehead atoms. The Hall–Kier alpha value is -1.66. The van der Waals surface area contributed by atoms with Crippen molar-refractivity contribution in [3.8, 4) is 0 Å². The maximum absolute atomic E-state index is 12.1. The van der Waals surface area contributed by atoms with Crippen LogP contribution in [0.2, 0.25) is 0 Å². The predicted octanol–water partition coefficient (Wildman–Crippen LogP) is 2.64. The number of carbonyl (C=O) groups excluding carboxylic acids is 2. The average Bonchev–Trinajstić information content (AvgIpc) is 2.49. The molecule has 5 nitrogen and oxygen atoms in total. The highest BCUT2D eigenvalue weighted by atomic mass is 79.9. The van der Waals surface area contributed by atoms with Crippen molar-refractivity contribution in [3.05, 3.63) is 40.4 Å². The summed E-state index contributed by atoms with van der Waals surface area (Å²) in [7, 11) is 0. The Morgan fingerprint density at radius 3 is 2.70 bits per heavy atom. The van der Waals surface area contributed by atoms with Crippen LogP contribution in [0.4, 0.5) is 0 Å². The summed E-state index contributed by atoms with van der Waals surface area (Å²) < 4.78 is 11.5. The zero-order valence-corrected chi connectivity index (χ0v) is 14.8. The van der Waals surface area contributed by atoms with Crippen LogP contribution in [0.25, 0.3) is 6.08 Å². The summed E-state index contributed by atoms with van der Waals surface area (Å²) in [5, 5.41) is 0. The van der Waals surface area contributed by atoms with Crippen molar-refractivity contribution >= 4 is 33.9 Å². The van der Waals surface area contributed by atoms with E-state index < -0.39 is 5.97 Å². The lowest BCUT2D eigenvalue weighted by Crippen LogP contribution is -2.49. The number of rotatable bonds is 4. The van der Waals surface area contributed by atoms with Crippen LogP contribution >= 0.6 is 15.9 Å². The lowest BCUT2D eigenvalue weighted by atomic mass is 10.2. The van der Waals surface area contributed by atoms with Crippen molar-refractivity contribution in [2.24, 2.45) is 0 Å². The number of hydrogen-bond acceptors (Lipinski definition) is 4. The van der Waals surface area contributed by atoms with E-state index in [9.17, 15) is 9.59 Å². The van der Waals surface area contributed by atoms with Crippen LogP contribution in [0.5, 0.6) is 0 Å². The van der Waals surface area contributed by atoms with E-state index in [1.54, 1.807) is 11.0 Å². The topological polar surface area (TPSA) is 55.8 Å². The van der Waals surface area contributed by atoms with Crippen LogP contribution in [-0.2, 0) is 19.1 Å². The van der Waals surface area contributed by atoms with Crippen LogP contribution in [0.3, 0.4) is 0 Å². The van der Waals surface area contributed by atoms with E-state index >= 15 is 0 Å². The van der Waals surface area contributed by atoms with Crippen molar-refractivity contribution in [1.29, 1.82) is 0 Å². The molecule has 6 heteroatoms. The first-order valence-corrected chi connectivity index (χ1v) is 8.27. The van der Waals surface area contributed by atoms with Crippen molar-refractivity contribution in [3.63, 3.8) is 0 Å². The molecule has 0 unspecified atom stereocenters. The Balaban J connectivity index is 1.80. The molecule has 23 heavy (non-hydrogen) atoms. The summed E-state index contributed by atoms with van der Waals surface area (Å²) in [6, 6.07) is 7.53. The standard InChI is InChI=1S/C17H20BrNO4/c1-12-9-19(10-13(2)23-12)16(20)11-22-17(21)7-6-14-4-3-5-15(18)8-14/h3-8,12-13H,9-11H2,1-2H3/b7-6+/t12-,13+. The molecule has 1 aliphatic rings. The second kappa shape index (κ2) is 8.26. The van der Waals surface area contributed by atoms with Gasteiger partial charge < -0.3 is 14.4 Å². The Morgan fingerprint density at radius 2 is 2.04 bits per heavy atom. The predicted molar refractivity (Wildman–Crippen MR) is 90.7 cm³/mol. The van der Waals surface area contributed by atoms with Gasteiger partial charge in [-0.05, 0) is 37.6 Å². The third kappa shape index (κ3) is 5.80. The Morgan fingerprint density at radius 1 is 1.35 bits per heavy atom. The second-order valence-electron chi connectivity index (χ2n) is 5.55. The number of halogens is 1. The van der Waals surface area contributed by atoms with E-state index in [0.717, 1.165) is 10.0 Å². The highest BCUT2D eigenvalue weighted by molar-refractivity contribution is 9.10. The maximum atomic E-state index is 12.1. The average molecular weight is 382 g/mol. The minimum atomic E-state index is -0.535. The first kappa shape index (κ1) is 17.7. The van der Waals surface area contributed by atoms with Gasteiger partial charge in [0.1, 0.15) is 0 Å².